The van der Waals surface area contributed by atoms with Crippen molar-refractivity contribution in [3.63, 3.8) is 0 Å². The van der Waals surface area contributed by atoms with Crippen molar-refractivity contribution in [1.29, 1.82) is 0 Å². The predicted octanol–water partition coefficient (Wildman–Crippen LogP) is 2.78. The van der Waals surface area contributed by atoms with Crippen LogP contribution in [0.25, 0.3) is 0 Å². The molecule has 4 rings (SSSR count). The average Bonchev–Trinajstić information content (AvgIpc) is 2.78. The van der Waals surface area contributed by atoms with E-state index in [1.165, 1.54) is 18.2 Å². The summed E-state index contributed by atoms with van der Waals surface area (Å²) >= 11 is 0. The molecule has 160 valence electrons. The number of carbonyl (C=O) groups is 1. The first-order valence-electron chi connectivity index (χ1n) is 10.7. The first kappa shape index (κ1) is 20.8. The third kappa shape index (κ3) is 4.47. The molecule has 7 heteroatoms. The van der Waals surface area contributed by atoms with Crippen LogP contribution in [0.4, 0.5) is 5.82 Å². The summed E-state index contributed by atoms with van der Waals surface area (Å²) in [6.07, 6.45) is 0.945. The summed E-state index contributed by atoms with van der Waals surface area (Å²) in [4.78, 5) is 26.3. The monoisotopic (exact) mass is 410 g/mol. The quantitative estimate of drug-likeness (QED) is 0.702. The van der Waals surface area contributed by atoms with E-state index in [1.54, 1.807) is 0 Å². The first-order valence-corrected chi connectivity index (χ1v) is 10.7. The second-order valence-corrected chi connectivity index (χ2v) is 8.23. The first-order chi connectivity index (χ1) is 14.5. The lowest BCUT2D eigenvalue weighted by molar-refractivity contribution is 0.0600. The SMILES string of the molecule is COC(=O)c1ccc(CN2CCc3c(nc(C(C)C)nc3N3CCOCC3)C2)cc1. The minimum absolute atomic E-state index is 0.288. The molecule has 2 aromatic rings. The Balaban J connectivity index is 1.53. The smallest absolute Gasteiger partial charge is 0.337 e. The van der Waals surface area contributed by atoms with Crippen LogP contribution in [0.3, 0.4) is 0 Å². The summed E-state index contributed by atoms with van der Waals surface area (Å²) in [7, 11) is 1.40. The molecule has 0 bridgehead atoms. The van der Waals surface area contributed by atoms with Crippen molar-refractivity contribution in [2.24, 2.45) is 0 Å². The summed E-state index contributed by atoms with van der Waals surface area (Å²) < 4.78 is 10.3. The van der Waals surface area contributed by atoms with Crippen LogP contribution in [0.2, 0.25) is 0 Å². The van der Waals surface area contributed by atoms with Gasteiger partial charge in [-0.3, -0.25) is 4.90 Å². The topological polar surface area (TPSA) is 67.8 Å². The van der Waals surface area contributed by atoms with Crippen LogP contribution >= 0.6 is 0 Å². The summed E-state index contributed by atoms with van der Waals surface area (Å²) in [6, 6.07) is 7.66. The van der Waals surface area contributed by atoms with Crippen molar-refractivity contribution in [3.05, 3.63) is 52.5 Å². The third-order valence-corrected chi connectivity index (χ3v) is 5.75. The van der Waals surface area contributed by atoms with Gasteiger partial charge in [0, 0.05) is 44.2 Å². The van der Waals surface area contributed by atoms with E-state index >= 15 is 0 Å². The molecule has 0 saturated carbocycles. The lowest BCUT2D eigenvalue weighted by Gasteiger charge is -2.34. The zero-order chi connectivity index (χ0) is 21.1. The Morgan fingerprint density at radius 2 is 1.87 bits per heavy atom. The number of aromatic nitrogens is 2. The van der Waals surface area contributed by atoms with E-state index in [0.29, 0.717) is 5.56 Å². The standard InChI is InChI=1S/C23H30N4O3/c1-16(2)21-24-20-15-26(14-17-4-6-18(7-5-17)23(28)29-3)9-8-19(20)22(25-21)27-10-12-30-13-11-27/h4-7,16H,8-15H2,1-3H3. The molecule has 3 heterocycles. The zero-order valence-electron chi connectivity index (χ0n) is 18.1. The molecule has 30 heavy (non-hydrogen) atoms. The summed E-state index contributed by atoms with van der Waals surface area (Å²) in [5.41, 5.74) is 4.19. The Morgan fingerprint density at radius 3 is 2.53 bits per heavy atom. The van der Waals surface area contributed by atoms with Gasteiger partial charge in [-0.2, -0.15) is 0 Å². The lowest BCUT2D eigenvalue weighted by Crippen LogP contribution is -2.39. The van der Waals surface area contributed by atoms with Gasteiger partial charge in [0.25, 0.3) is 0 Å². The summed E-state index contributed by atoms with van der Waals surface area (Å²) in [5.74, 6) is 2.01. The van der Waals surface area contributed by atoms with Crippen molar-refractivity contribution in [1.82, 2.24) is 14.9 Å². The Kier molecular flexibility index (Phi) is 6.29. The molecule has 0 atom stereocenters. The Hall–Kier alpha value is -2.51. The number of hydrogen-bond acceptors (Lipinski definition) is 7. The van der Waals surface area contributed by atoms with E-state index in [-0.39, 0.29) is 11.9 Å². The molecule has 2 aliphatic rings. The van der Waals surface area contributed by atoms with Gasteiger partial charge >= 0.3 is 5.97 Å². The van der Waals surface area contributed by atoms with Crippen molar-refractivity contribution in [3.8, 4) is 0 Å². The van der Waals surface area contributed by atoms with E-state index in [0.717, 1.165) is 69.7 Å². The molecule has 0 radical (unpaired) electrons. The van der Waals surface area contributed by atoms with Gasteiger partial charge in [-0.25, -0.2) is 14.8 Å². The highest BCUT2D eigenvalue weighted by molar-refractivity contribution is 5.89. The molecule has 0 N–H and O–H groups in total. The molecule has 0 amide bonds. The molecular weight excluding hydrogens is 380 g/mol. The van der Waals surface area contributed by atoms with Gasteiger partial charge in [-0.1, -0.05) is 26.0 Å². The fourth-order valence-electron chi connectivity index (χ4n) is 4.04. The normalized spacial score (nSPS) is 17.1. The molecule has 1 fully saturated rings. The van der Waals surface area contributed by atoms with Crippen LogP contribution < -0.4 is 4.90 Å². The number of anilines is 1. The summed E-state index contributed by atoms with van der Waals surface area (Å²) in [5, 5.41) is 0. The Bertz CT molecular complexity index is 892. The molecule has 7 nitrogen and oxygen atoms in total. The highest BCUT2D eigenvalue weighted by atomic mass is 16.5. The Morgan fingerprint density at radius 1 is 1.13 bits per heavy atom. The highest BCUT2D eigenvalue weighted by Crippen LogP contribution is 2.29. The van der Waals surface area contributed by atoms with E-state index in [2.05, 4.69) is 23.6 Å². The largest absolute Gasteiger partial charge is 0.465 e. The van der Waals surface area contributed by atoms with E-state index in [9.17, 15) is 4.79 Å². The van der Waals surface area contributed by atoms with E-state index in [4.69, 9.17) is 19.4 Å². The van der Waals surface area contributed by atoms with Crippen LogP contribution in [0, 0.1) is 0 Å². The second-order valence-electron chi connectivity index (χ2n) is 8.23. The Labute approximate surface area is 178 Å². The van der Waals surface area contributed by atoms with Crippen LogP contribution in [-0.2, 0) is 29.0 Å². The number of rotatable bonds is 5. The molecule has 0 unspecified atom stereocenters. The van der Waals surface area contributed by atoms with Crippen LogP contribution in [0.1, 0.15) is 52.8 Å². The number of nitrogens with zero attached hydrogens (tertiary/aromatic N) is 4. The van der Waals surface area contributed by atoms with Crippen LogP contribution in [0.15, 0.2) is 24.3 Å². The number of hydrogen-bond donors (Lipinski definition) is 0. The highest BCUT2D eigenvalue weighted by Gasteiger charge is 2.26. The average molecular weight is 411 g/mol. The van der Waals surface area contributed by atoms with E-state index in [1.807, 2.05) is 24.3 Å². The minimum atomic E-state index is -0.304. The minimum Gasteiger partial charge on any atom is -0.465 e. The maximum atomic E-state index is 11.6. The third-order valence-electron chi connectivity index (χ3n) is 5.75. The molecule has 1 aromatic carbocycles. The van der Waals surface area contributed by atoms with Gasteiger partial charge in [-0.05, 0) is 24.1 Å². The fraction of sp³-hybridized carbons (Fsp3) is 0.522. The van der Waals surface area contributed by atoms with Crippen molar-refractivity contribution < 1.29 is 14.3 Å². The maximum Gasteiger partial charge on any atom is 0.337 e. The number of morpholine rings is 1. The number of benzene rings is 1. The zero-order valence-corrected chi connectivity index (χ0v) is 18.1. The number of fused-ring (bicyclic) bond motifs is 1. The van der Waals surface area contributed by atoms with Crippen LogP contribution in [0.5, 0.6) is 0 Å². The summed E-state index contributed by atoms with van der Waals surface area (Å²) in [6.45, 7) is 10.2. The molecule has 1 aromatic heterocycles. The van der Waals surface area contributed by atoms with Gasteiger partial charge in [0.1, 0.15) is 11.6 Å². The van der Waals surface area contributed by atoms with Crippen molar-refractivity contribution in [2.45, 2.75) is 39.3 Å². The number of ether oxygens (including phenoxy) is 2. The predicted molar refractivity (Wildman–Crippen MR) is 115 cm³/mol. The molecule has 0 spiro atoms. The van der Waals surface area contributed by atoms with E-state index < -0.39 is 0 Å². The lowest BCUT2D eigenvalue weighted by atomic mass is 10.0. The maximum absolute atomic E-state index is 11.6. The van der Waals surface area contributed by atoms with Gasteiger partial charge in [0.05, 0.1) is 31.6 Å². The fourth-order valence-corrected chi connectivity index (χ4v) is 4.04. The second kappa shape index (κ2) is 9.10. The van der Waals surface area contributed by atoms with Gasteiger partial charge in [0.15, 0.2) is 0 Å². The molecule has 1 saturated heterocycles. The number of methoxy groups -OCH3 is 1. The van der Waals surface area contributed by atoms with Gasteiger partial charge in [-0.15, -0.1) is 0 Å². The number of esters is 1. The molecule has 2 aliphatic heterocycles. The van der Waals surface area contributed by atoms with Crippen molar-refractivity contribution in [2.75, 3.05) is 44.9 Å². The van der Waals surface area contributed by atoms with Gasteiger partial charge < -0.3 is 14.4 Å². The molecular formula is C23H30N4O3. The van der Waals surface area contributed by atoms with Gasteiger partial charge in [0.2, 0.25) is 0 Å². The van der Waals surface area contributed by atoms with Crippen LogP contribution in [-0.4, -0.2) is 60.8 Å². The molecule has 0 aliphatic carbocycles. The number of carbonyl (C=O) groups excluding carboxylic acids is 1. The van der Waals surface area contributed by atoms with Crippen molar-refractivity contribution >= 4 is 11.8 Å².